The molecule has 3 heterocycles. The zero-order valence-corrected chi connectivity index (χ0v) is 23.0. The van der Waals surface area contributed by atoms with Crippen LogP contribution in [0.4, 0.5) is 0 Å². The van der Waals surface area contributed by atoms with E-state index in [0.29, 0.717) is 17.4 Å². The van der Waals surface area contributed by atoms with Crippen LogP contribution in [0.15, 0.2) is 61.4 Å². The molecule has 2 aliphatic carbocycles. The fourth-order valence-electron chi connectivity index (χ4n) is 6.42. The predicted molar refractivity (Wildman–Crippen MR) is 150 cm³/mol. The molecule has 2 aromatic heterocycles. The van der Waals surface area contributed by atoms with E-state index in [4.69, 9.17) is 10.7 Å². The Kier molecular flexibility index (Phi) is 7.18. The molecule has 7 rings (SSSR count). The summed E-state index contributed by atoms with van der Waals surface area (Å²) in [5.74, 6) is 2.99. The van der Waals surface area contributed by atoms with Gasteiger partial charge in [-0.25, -0.2) is 15.0 Å². The van der Waals surface area contributed by atoms with Crippen LogP contribution in [-0.2, 0) is 10.3 Å². The first-order valence-corrected chi connectivity index (χ1v) is 13.3. The van der Waals surface area contributed by atoms with Crippen molar-refractivity contribution < 1.29 is 23.7 Å². The third-order valence-electron chi connectivity index (χ3n) is 8.89. The van der Waals surface area contributed by atoms with Gasteiger partial charge in [0.1, 0.15) is 11.6 Å². The molecule has 7 heteroatoms. The molecule has 3 aliphatic rings. The van der Waals surface area contributed by atoms with Crippen LogP contribution < -0.4 is 24.6 Å². The van der Waals surface area contributed by atoms with Gasteiger partial charge < -0.3 is 22.5 Å². The first kappa shape index (κ1) is 27.5. The summed E-state index contributed by atoms with van der Waals surface area (Å²) in [6, 6.07) is 12.4. The van der Waals surface area contributed by atoms with Crippen molar-refractivity contribution in [2.45, 2.75) is 62.4 Å². The number of hydrogen-bond donors (Lipinski definition) is 1. The Morgan fingerprint density at radius 2 is 1.87 bits per heavy atom. The number of benzene rings is 2. The molecular formula is C32H33LiN5O-. The quantitative estimate of drug-likeness (QED) is 0.245. The van der Waals surface area contributed by atoms with Gasteiger partial charge >= 0.3 is 18.9 Å². The molecule has 0 unspecified atom stereocenters. The van der Waals surface area contributed by atoms with Crippen molar-refractivity contribution in [1.82, 2.24) is 19.5 Å². The fraction of sp³-hybridized carbons (Fsp3) is 0.344. The monoisotopic (exact) mass is 510 g/mol. The summed E-state index contributed by atoms with van der Waals surface area (Å²) in [5.41, 5.74) is 13.1. The zero-order valence-electron chi connectivity index (χ0n) is 23.0. The molecule has 0 saturated heterocycles. The molecule has 2 saturated carbocycles. The van der Waals surface area contributed by atoms with Crippen LogP contribution in [0.25, 0.3) is 22.2 Å². The molecular weight excluding hydrogens is 477 g/mol. The number of allylic oxidation sites excluding steroid dienone is 1. The maximum atomic E-state index is 12.1. The van der Waals surface area contributed by atoms with Crippen molar-refractivity contribution in [1.29, 1.82) is 0 Å². The number of fused-ring (bicyclic) bond motifs is 3. The molecule has 4 aromatic rings. The molecule has 2 aromatic carbocycles. The van der Waals surface area contributed by atoms with Crippen LogP contribution in [0, 0.1) is 13.3 Å². The summed E-state index contributed by atoms with van der Waals surface area (Å²) in [6.07, 6.45) is 13.0. The summed E-state index contributed by atoms with van der Waals surface area (Å²) >= 11 is 0. The number of carbonyl (C=O) groups excluding carboxylic acids is 1. The van der Waals surface area contributed by atoms with Crippen molar-refractivity contribution in [3.05, 3.63) is 97.2 Å². The van der Waals surface area contributed by atoms with Crippen LogP contribution in [0.2, 0.25) is 0 Å². The van der Waals surface area contributed by atoms with Crippen LogP contribution in [0.1, 0.15) is 85.2 Å². The Balaban J connectivity index is 0.00000154. The van der Waals surface area contributed by atoms with Crippen LogP contribution in [-0.4, -0.2) is 25.8 Å². The van der Waals surface area contributed by atoms with Crippen LogP contribution >= 0.6 is 0 Å². The second-order valence-electron chi connectivity index (χ2n) is 11.2. The topological polar surface area (TPSA) is 86.7 Å². The largest absolute Gasteiger partial charge is 1.00 e. The Bertz CT molecular complexity index is 1560. The van der Waals surface area contributed by atoms with Gasteiger partial charge in [0.15, 0.2) is 0 Å². The van der Waals surface area contributed by atoms with Gasteiger partial charge in [-0.1, -0.05) is 30.7 Å². The Morgan fingerprint density at radius 1 is 1.13 bits per heavy atom. The number of hydrogen-bond acceptors (Lipinski definition) is 5. The van der Waals surface area contributed by atoms with Gasteiger partial charge in [0.25, 0.3) is 0 Å². The Labute approximate surface area is 242 Å². The van der Waals surface area contributed by atoms with E-state index >= 15 is 0 Å². The first-order valence-electron chi connectivity index (χ1n) is 13.3. The smallest absolute Gasteiger partial charge is 0.376 e. The number of nitrogens with two attached hydrogens (primary N) is 1. The Morgan fingerprint density at radius 3 is 2.49 bits per heavy atom. The molecule has 0 amide bonds. The molecule has 194 valence electrons. The molecule has 6 nitrogen and oxygen atoms in total. The molecule has 0 spiro atoms. The van der Waals surface area contributed by atoms with Gasteiger partial charge in [-0.05, 0) is 61.6 Å². The Hall–Kier alpha value is -3.04. The maximum absolute atomic E-state index is 12.1. The zero-order chi connectivity index (χ0) is 25.3. The molecule has 1 aliphatic heterocycles. The normalized spacial score (nSPS) is 24.2. The van der Waals surface area contributed by atoms with E-state index in [0.717, 1.165) is 71.5 Å². The maximum Gasteiger partial charge on any atom is 1.00 e. The third-order valence-corrected chi connectivity index (χ3v) is 8.89. The molecule has 39 heavy (non-hydrogen) atoms. The molecule has 2 fully saturated rings. The minimum absolute atomic E-state index is 0. The van der Waals surface area contributed by atoms with E-state index in [1.807, 2.05) is 30.6 Å². The summed E-state index contributed by atoms with van der Waals surface area (Å²) in [6.45, 7) is 6.39. The standard InChI is InChI=1S/C31H30N5O.CH3.Li/c1-3-19-13-27(28-21(17-37)6-4-7-23(28)24-12-18(24)2)36-26-14-20(8-9-25(26)35-29(19)36)22-15-33-30(34-16-22)31(32)10-5-11-31;;/h3-4,6-9,14-16,18-19,24,27H,1,5,10-13,32H2,2H3;1H3;/q2*-1;+1/t18-,19+,24-,27+;;/m0../s1. The van der Waals surface area contributed by atoms with Crippen LogP contribution in [0.3, 0.4) is 0 Å². The van der Waals surface area contributed by atoms with Gasteiger partial charge in [-0.3, -0.25) is 0 Å². The van der Waals surface area contributed by atoms with E-state index in [1.165, 1.54) is 5.56 Å². The minimum Gasteiger partial charge on any atom is -0.376 e. The average molecular weight is 511 g/mol. The van der Waals surface area contributed by atoms with Gasteiger partial charge in [0.05, 0.1) is 22.9 Å². The van der Waals surface area contributed by atoms with Crippen molar-refractivity contribution in [2.75, 3.05) is 0 Å². The van der Waals surface area contributed by atoms with Crippen molar-refractivity contribution in [2.24, 2.45) is 11.7 Å². The van der Waals surface area contributed by atoms with Gasteiger partial charge in [-0.2, -0.15) is 6.07 Å². The van der Waals surface area contributed by atoms with Gasteiger partial charge in [-0.15, -0.1) is 23.8 Å². The van der Waals surface area contributed by atoms with Gasteiger partial charge in [0.2, 0.25) is 0 Å². The minimum atomic E-state index is -0.374. The molecule has 0 radical (unpaired) electrons. The van der Waals surface area contributed by atoms with E-state index in [2.05, 4.69) is 58.6 Å². The van der Waals surface area contributed by atoms with E-state index in [9.17, 15) is 4.79 Å². The van der Waals surface area contributed by atoms with E-state index < -0.39 is 0 Å². The number of rotatable bonds is 6. The second-order valence-corrected chi connectivity index (χ2v) is 11.2. The van der Waals surface area contributed by atoms with E-state index in [-0.39, 0.29) is 43.8 Å². The average Bonchev–Trinajstić information content (AvgIpc) is 3.36. The van der Waals surface area contributed by atoms with Gasteiger partial charge in [0, 0.05) is 29.9 Å². The second kappa shape index (κ2) is 10.2. The SMILES string of the molecule is C=C[C@@H]1C[C@H](c2c([C-]=O)cccc2[C@H]2C[C@@H]2C)n2c1nc1ccc(-c3cnc(C4(N)CCC4)nc3)cc12.[CH3-].[Li+]. The summed E-state index contributed by atoms with van der Waals surface area (Å²) in [7, 11) is 0. The van der Waals surface area contributed by atoms with E-state index in [1.54, 1.807) is 0 Å². The first-order chi connectivity index (χ1) is 18.0. The van der Waals surface area contributed by atoms with Crippen molar-refractivity contribution >= 4 is 17.3 Å². The fourth-order valence-corrected chi connectivity index (χ4v) is 6.42. The van der Waals surface area contributed by atoms with Crippen molar-refractivity contribution in [3.8, 4) is 11.1 Å². The summed E-state index contributed by atoms with van der Waals surface area (Å²) in [4.78, 5) is 26.4. The van der Waals surface area contributed by atoms with Crippen molar-refractivity contribution in [3.63, 3.8) is 0 Å². The molecule has 2 N–H and O–H groups in total. The predicted octanol–water partition coefficient (Wildman–Crippen LogP) is 3.13. The summed E-state index contributed by atoms with van der Waals surface area (Å²) < 4.78 is 2.33. The van der Waals surface area contributed by atoms with Crippen LogP contribution in [0.5, 0.6) is 0 Å². The molecule has 4 atom stereocenters. The third kappa shape index (κ3) is 4.30. The summed E-state index contributed by atoms with van der Waals surface area (Å²) in [5, 5.41) is 0. The molecule has 0 bridgehead atoms. The number of imidazole rings is 1. The number of nitrogens with zero attached hydrogens (tertiary/aromatic N) is 4. The number of aromatic nitrogens is 4.